The summed E-state index contributed by atoms with van der Waals surface area (Å²) in [5, 5.41) is 0.764. The van der Waals surface area contributed by atoms with Crippen LogP contribution < -0.4 is 16.2 Å². The molecule has 1 aromatic rings. The minimum absolute atomic E-state index is 0.606. The lowest BCUT2D eigenvalue weighted by Gasteiger charge is -2.34. The van der Waals surface area contributed by atoms with Crippen LogP contribution in [-0.2, 0) is 0 Å². The number of hydrogen-bond donors (Lipinski definition) is 2. The van der Waals surface area contributed by atoms with Gasteiger partial charge < -0.3 is 10.3 Å². The summed E-state index contributed by atoms with van der Waals surface area (Å²) >= 11 is 1.54. The third kappa shape index (κ3) is 3.51. The van der Waals surface area contributed by atoms with Crippen molar-refractivity contribution in [3.63, 3.8) is 0 Å². The molecule has 6 heteroatoms. The number of nitrogen functional groups attached to an aromatic ring is 1. The molecular weight excluding hydrogens is 258 g/mol. The molecule has 19 heavy (non-hydrogen) atoms. The largest absolute Gasteiger partial charge is 0.354 e. The molecule has 0 amide bonds. The van der Waals surface area contributed by atoms with Gasteiger partial charge in [0.1, 0.15) is 11.6 Å². The molecule has 0 unspecified atom stereocenters. The number of thioether (sulfide) groups is 1. The van der Waals surface area contributed by atoms with E-state index in [9.17, 15) is 0 Å². The number of hydrazine groups is 1. The lowest BCUT2D eigenvalue weighted by atomic mass is 9.94. The number of nitrogens with zero attached hydrogens (tertiary/aromatic N) is 3. The van der Waals surface area contributed by atoms with Gasteiger partial charge in [-0.05, 0) is 26.0 Å². The van der Waals surface area contributed by atoms with Gasteiger partial charge in [-0.2, -0.15) is 0 Å². The molecule has 1 heterocycles. The molecule has 0 atom stereocenters. The van der Waals surface area contributed by atoms with E-state index in [2.05, 4.69) is 27.2 Å². The van der Waals surface area contributed by atoms with Crippen molar-refractivity contribution in [2.45, 2.75) is 50.2 Å². The van der Waals surface area contributed by atoms with Crippen LogP contribution in [0.4, 0.5) is 11.6 Å². The number of nitrogens with two attached hydrogens (primary N) is 1. The second-order valence-electron chi connectivity index (χ2n) is 4.82. The average Bonchev–Trinajstić information content (AvgIpc) is 2.48. The molecule has 3 N–H and O–H groups in total. The second-order valence-corrected chi connectivity index (χ2v) is 5.59. The Hall–Kier alpha value is -1.01. The fraction of sp³-hybridized carbons (Fsp3) is 0.692. The van der Waals surface area contributed by atoms with Gasteiger partial charge >= 0.3 is 0 Å². The standard InChI is InChI=1S/C13H23N5S/c1-3-18(10-7-5-4-6-8-10)12-9-11(17-14)15-13(16-12)19-2/h9-10H,3-8,14H2,1-2H3,(H,15,16,17). The molecular formula is C13H23N5S. The molecule has 0 spiro atoms. The van der Waals surface area contributed by atoms with Gasteiger partial charge in [0.05, 0.1) is 0 Å². The predicted octanol–water partition coefficient (Wildman–Crippen LogP) is 2.64. The van der Waals surface area contributed by atoms with Crippen LogP contribution in [0, 0.1) is 0 Å². The lowest BCUT2D eigenvalue weighted by Crippen LogP contribution is -2.37. The highest BCUT2D eigenvalue weighted by molar-refractivity contribution is 7.98. The fourth-order valence-electron chi connectivity index (χ4n) is 2.73. The van der Waals surface area contributed by atoms with E-state index in [0.29, 0.717) is 11.9 Å². The van der Waals surface area contributed by atoms with Gasteiger partial charge in [0, 0.05) is 18.7 Å². The van der Waals surface area contributed by atoms with Crippen LogP contribution >= 0.6 is 11.8 Å². The van der Waals surface area contributed by atoms with Gasteiger partial charge in [-0.1, -0.05) is 31.0 Å². The van der Waals surface area contributed by atoms with Crippen molar-refractivity contribution in [1.82, 2.24) is 9.97 Å². The average molecular weight is 281 g/mol. The molecule has 1 aliphatic rings. The zero-order valence-corrected chi connectivity index (χ0v) is 12.5. The van der Waals surface area contributed by atoms with Crippen molar-refractivity contribution in [3.05, 3.63) is 6.07 Å². The molecule has 0 aromatic carbocycles. The highest BCUT2D eigenvalue weighted by Crippen LogP contribution is 2.28. The molecule has 0 radical (unpaired) electrons. The van der Waals surface area contributed by atoms with Gasteiger partial charge in [-0.25, -0.2) is 15.8 Å². The first-order valence-electron chi connectivity index (χ1n) is 6.94. The first-order chi connectivity index (χ1) is 9.28. The Labute approximate surface area is 119 Å². The normalized spacial score (nSPS) is 16.4. The third-order valence-corrected chi connectivity index (χ3v) is 4.22. The molecule has 106 valence electrons. The summed E-state index contributed by atoms with van der Waals surface area (Å²) in [6, 6.07) is 2.55. The third-order valence-electron chi connectivity index (χ3n) is 3.67. The Bertz CT molecular complexity index is 384. The topological polar surface area (TPSA) is 67.1 Å². The summed E-state index contributed by atoms with van der Waals surface area (Å²) in [5.74, 6) is 7.17. The minimum Gasteiger partial charge on any atom is -0.354 e. The number of nitrogens with one attached hydrogen (secondary N) is 1. The molecule has 1 aromatic heterocycles. The summed E-state index contributed by atoms with van der Waals surface area (Å²) < 4.78 is 0. The summed E-state index contributed by atoms with van der Waals surface area (Å²) in [5.41, 5.74) is 2.63. The molecule has 0 aliphatic heterocycles. The van der Waals surface area contributed by atoms with Crippen LogP contribution in [-0.4, -0.2) is 28.8 Å². The Morgan fingerprint density at radius 3 is 2.68 bits per heavy atom. The van der Waals surface area contributed by atoms with Gasteiger partial charge in [0.25, 0.3) is 0 Å². The van der Waals surface area contributed by atoms with E-state index in [0.717, 1.165) is 17.5 Å². The van der Waals surface area contributed by atoms with E-state index in [4.69, 9.17) is 5.84 Å². The van der Waals surface area contributed by atoms with Crippen LogP contribution in [0.3, 0.4) is 0 Å². The smallest absolute Gasteiger partial charge is 0.191 e. The monoisotopic (exact) mass is 281 g/mol. The maximum Gasteiger partial charge on any atom is 0.191 e. The molecule has 0 bridgehead atoms. The number of rotatable bonds is 5. The first-order valence-corrected chi connectivity index (χ1v) is 8.17. The summed E-state index contributed by atoms with van der Waals surface area (Å²) in [6.45, 7) is 3.16. The Morgan fingerprint density at radius 2 is 2.11 bits per heavy atom. The van der Waals surface area contributed by atoms with Gasteiger partial charge in [-0.15, -0.1) is 0 Å². The zero-order valence-electron chi connectivity index (χ0n) is 11.7. The van der Waals surface area contributed by atoms with Crippen molar-refractivity contribution in [2.24, 2.45) is 5.84 Å². The number of anilines is 2. The fourth-order valence-corrected chi connectivity index (χ4v) is 3.10. The summed E-state index contributed by atoms with van der Waals surface area (Å²) in [6.07, 6.45) is 8.52. The van der Waals surface area contributed by atoms with Crippen molar-refractivity contribution in [2.75, 3.05) is 23.1 Å². The van der Waals surface area contributed by atoms with E-state index in [1.54, 1.807) is 11.8 Å². The van der Waals surface area contributed by atoms with Gasteiger partial charge in [-0.3, -0.25) is 0 Å². The minimum atomic E-state index is 0.606. The Balaban J connectivity index is 2.25. The summed E-state index contributed by atoms with van der Waals surface area (Å²) in [7, 11) is 0. The maximum absolute atomic E-state index is 5.49. The molecule has 1 fully saturated rings. The second kappa shape index (κ2) is 6.96. The predicted molar refractivity (Wildman–Crippen MR) is 81.5 cm³/mol. The quantitative estimate of drug-likeness (QED) is 0.374. The van der Waals surface area contributed by atoms with E-state index >= 15 is 0 Å². The van der Waals surface area contributed by atoms with E-state index in [-0.39, 0.29) is 0 Å². The van der Waals surface area contributed by atoms with Crippen molar-refractivity contribution < 1.29 is 0 Å². The zero-order chi connectivity index (χ0) is 13.7. The Kier molecular flexibility index (Phi) is 5.27. The van der Waals surface area contributed by atoms with E-state index < -0.39 is 0 Å². The van der Waals surface area contributed by atoms with Crippen LogP contribution in [0.15, 0.2) is 11.2 Å². The lowest BCUT2D eigenvalue weighted by molar-refractivity contribution is 0.415. The van der Waals surface area contributed by atoms with E-state index in [1.165, 1.54) is 32.1 Å². The molecule has 2 rings (SSSR count). The van der Waals surface area contributed by atoms with Crippen LogP contribution in [0.1, 0.15) is 39.0 Å². The first kappa shape index (κ1) is 14.4. The number of hydrogen-bond acceptors (Lipinski definition) is 6. The van der Waals surface area contributed by atoms with Crippen LogP contribution in [0.25, 0.3) is 0 Å². The maximum atomic E-state index is 5.49. The SMILES string of the molecule is CCN(c1cc(NN)nc(SC)n1)C1CCCCC1. The van der Waals surface area contributed by atoms with Crippen molar-refractivity contribution >= 4 is 23.4 Å². The van der Waals surface area contributed by atoms with E-state index in [1.807, 2.05) is 12.3 Å². The number of aromatic nitrogens is 2. The molecule has 5 nitrogen and oxygen atoms in total. The summed E-state index contributed by atoms with van der Waals surface area (Å²) in [4.78, 5) is 11.3. The molecule has 1 aliphatic carbocycles. The highest BCUT2D eigenvalue weighted by Gasteiger charge is 2.22. The van der Waals surface area contributed by atoms with Crippen LogP contribution in [0.2, 0.25) is 0 Å². The molecule has 0 saturated heterocycles. The van der Waals surface area contributed by atoms with Crippen molar-refractivity contribution in [3.8, 4) is 0 Å². The highest BCUT2D eigenvalue weighted by atomic mass is 32.2. The van der Waals surface area contributed by atoms with Gasteiger partial charge in [0.15, 0.2) is 5.16 Å². The van der Waals surface area contributed by atoms with Gasteiger partial charge in [0.2, 0.25) is 0 Å². The van der Waals surface area contributed by atoms with Crippen molar-refractivity contribution in [1.29, 1.82) is 0 Å². The Morgan fingerprint density at radius 1 is 1.37 bits per heavy atom. The van der Waals surface area contributed by atoms with Crippen LogP contribution in [0.5, 0.6) is 0 Å². The molecule has 1 saturated carbocycles.